The molecule has 2 heteroatoms. The zero-order valence-corrected chi connectivity index (χ0v) is 13.0. The number of hydrogen-bond donors (Lipinski definition) is 0. The Balaban J connectivity index is 2.03. The minimum atomic E-state index is 0.647. The summed E-state index contributed by atoms with van der Waals surface area (Å²) in [6, 6.07) is 24.3. The Morgan fingerprint density at radius 3 is 2.48 bits per heavy atom. The zero-order chi connectivity index (χ0) is 16.1. The number of rotatable bonds is 4. The summed E-state index contributed by atoms with van der Waals surface area (Å²) in [5, 5.41) is 11.8. The molecule has 0 atom stereocenters. The highest BCUT2D eigenvalue weighted by Crippen LogP contribution is 2.26. The van der Waals surface area contributed by atoms with E-state index >= 15 is 0 Å². The third kappa shape index (κ3) is 3.25. The van der Waals surface area contributed by atoms with E-state index in [0.29, 0.717) is 12.2 Å². The van der Waals surface area contributed by atoms with E-state index in [1.807, 2.05) is 67.6 Å². The first-order chi connectivity index (χ1) is 11.3. The molecule has 2 nitrogen and oxygen atoms in total. The van der Waals surface area contributed by atoms with Crippen LogP contribution in [0, 0.1) is 11.3 Å². The molecule has 0 saturated carbocycles. The Bertz CT molecular complexity index is 880. The van der Waals surface area contributed by atoms with E-state index in [0.717, 1.165) is 27.6 Å². The van der Waals surface area contributed by atoms with Crippen LogP contribution in [-0.4, -0.2) is 6.61 Å². The van der Waals surface area contributed by atoms with Gasteiger partial charge in [-0.2, -0.15) is 5.26 Å². The van der Waals surface area contributed by atoms with Crippen LogP contribution in [0.4, 0.5) is 0 Å². The molecule has 3 aromatic rings. The molecule has 0 amide bonds. The fraction of sp³-hybridized carbons (Fsp3) is 0.0952. The maximum atomic E-state index is 9.60. The first-order valence-electron chi connectivity index (χ1n) is 7.64. The lowest BCUT2D eigenvalue weighted by atomic mass is 9.97. The topological polar surface area (TPSA) is 33.0 Å². The van der Waals surface area contributed by atoms with Crippen LogP contribution in [0.5, 0.6) is 5.75 Å². The number of benzene rings is 3. The largest absolute Gasteiger partial charge is 0.494 e. The van der Waals surface area contributed by atoms with Crippen molar-refractivity contribution in [1.82, 2.24) is 0 Å². The van der Waals surface area contributed by atoms with Crippen molar-refractivity contribution in [2.75, 3.05) is 6.61 Å². The molecule has 0 spiro atoms. The minimum absolute atomic E-state index is 0.647. The lowest BCUT2D eigenvalue weighted by Crippen LogP contribution is -1.90. The molecular formula is C21H17NO. The lowest BCUT2D eigenvalue weighted by molar-refractivity contribution is 0.340. The van der Waals surface area contributed by atoms with Gasteiger partial charge in [0.25, 0.3) is 0 Å². The second-order valence-electron chi connectivity index (χ2n) is 5.20. The van der Waals surface area contributed by atoms with Crippen molar-refractivity contribution in [2.24, 2.45) is 0 Å². The highest BCUT2D eigenvalue weighted by molar-refractivity contribution is 6.01. The molecule has 23 heavy (non-hydrogen) atoms. The number of ether oxygens (including phenoxy) is 1. The Morgan fingerprint density at radius 2 is 1.74 bits per heavy atom. The highest BCUT2D eigenvalue weighted by atomic mass is 16.5. The van der Waals surface area contributed by atoms with Gasteiger partial charge in [0, 0.05) is 5.56 Å². The average molecular weight is 299 g/mol. The van der Waals surface area contributed by atoms with Crippen LogP contribution in [0.15, 0.2) is 66.7 Å². The van der Waals surface area contributed by atoms with E-state index in [1.54, 1.807) is 0 Å². The molecule has 0 saturated heterocycles. The number of nitriles is 1. The van der Waals surface area contributed by atoms with E-state index in [1.165, 1.54) is 0 Å². The predicted octanol–water partition coefficient (Wildman–Crippen LogP) is 5.30. The van der Waals surface area contributed by atoms with Gasteiger partial charge in [-0.15, -0.1) is 0 Å². The summed E-state index contributed by atoms with van der Waals surface area (Å²) in [5.41, 5.74) is 2.60. The Hall–Kier alpha value is -3.05. The van der Waals surface area contributed by atoms with Gasteiger partial charge in [0.2, 0.25) is 0 Å². The summed E-state index contributed by atoms with van der Waals surface area (Å²) in [4.78, 5) is 0. The standard InChI is InChI=1S/C21H17NO/c1-2-23-19-12-10-16(11-13-19)14-18(15-22)21-9-5-7-17-6-3-4-8-20(17)21/h3-14H,2H2,1H3/b18-14-. The Labute approximate surface area is 136 Å². The van der Waals surface area contributed by atoms with Crippen LogP contribution in [0.3, 0.4) is 0 Å². The lowest BCUT2D eigenvalue weighted by Gasteiger charge is -2.06. The molecule has 0 bridgehead atoms. The molecule has 3 aromatic carbocycles. The van der Waals surface area contributed by atoms with Gasteiger partial charge in [-0.05, 0) is 41.5 Å². The monoisotopic (exact) mass is 299 g/mol. The van der Waals surface area contributed by atoms with Crippen LogP contribution in [0.2, 0.25) is 0 Å². The zero-order valence-electron chi connectivity index (χ0n) is 13.0. The van der Waals surface area contributed by atoms with Crippen LogP contribution < -0.4 is 4.74 Å². The molecule has 112 valence electrons. The van der Waals surface area contributed by atoms with Crippen molar-refractivity contribution in [2.45, 2.75) is 6.92 Å². The Kier molecular flexibility index (Phi) is 4.40. The molecule has 0 fully saturated rings. The summed E-state index contributed by atoms with van der Waals surface area (Å²) >= 11 is 0. The molecule has 0 aromatic heterocycles. The molecular weight excluding hydrogens is 282 g/mol. The van der Waals surface area contributed by atoms with Gasteiger partial charge in [-0.25, -0.2) is 0 Å². The van der Waals surface area contributed by atoms with Crippen LogP contribution in [-0.2, 0) is 0 Å². The van der Waals surface area contributed by atoms with Gasteiger partial charge >= 0.3 is 0 Å². The summed E-state index contributed by atoms with van der Waals surface area (Å²) in [6.07, 6.45) is 1.91. The molecule has 0 N–H and O–H groups in total. The van der Waals surface area contributed by atoms with Crippen molar-refractivity contribution in [3.63, 3.8) is 0 Å². The average Bonchev–Trinajstić information content (AvgIpc) is 2.61. The van der Waals surface area contributed by atoms with Gasteiger partial charge in [-0.3, -0.25) is 0 Å². The predicted molar refractivity (Wildman–Crippen MR) is 95.0 cm³/mol. The highest BCUT2D eigenvalue weighted by Gasteiger charge is 2.06. The molecule has 0 heterocycles. The number of allylic oxidation sites excluding steroid dienone is 1. The second kappa shape index (κ2) is 6.81. The SMILES string of the molecule is CCOc1ccc(/C=C(/C#N)c2cccc3ccccc23)cc1. The van der Waals surface area contributed by atoms with Gasteiger partial charge in [-0.1, -0.05) is 54.6 Å². The van der Waals surface area contributed by atoms with Gasteiger partial charge < -0.3 is 4.74 Å². The maximum Gasteiger partial charge on any atom is 0.119 e. The van der Waals surface area contributed by atoms with E-state index in [2.05, 4.69) is 18.2 Å². The number of hydrogen-bond acceptors (Lipinski definition) is 2. The molecule has 0 unspecified atom stereocenters. The van der Waals surface area contributed by atoms with Gasteiger partial charge in [0.05, 0.1) is 18.2 Å². The fourth-order valence-electron chi connectivity index (χ4n) is 2.62. The third-order valence-corrected chi connectivity index (χ3v) is 3.70. The third-order valence-electron chi connectivity index (χ3n) is 3.70. The number of fused-ring (bicyclic) bond motifs is 1. The van der Waals surface area contributed by atoms with E-state index in [4.69, 9.17) is 4.74 Å². The quantitative estimate of drug-likeness (QED) is 0.483. The molecule has 0 aliphatic rings. The van der Waals surface area contributed by atoms with E-state index < -0.39 is 0 Å². The molecule has 0 aliphatic heterocycles. The summed E-state index contributed by atoms with van der Waals surface area (Å²) in [5.74, 6) is 0.841. The van der Waals surface area contributed by atoms with Gasteiger partial charge in [0.15, 0.2) is 0 Å². The number of nitrogens with zero attached hydrogens (tertiary/aromatic N) is 1. The van der Waals surface area contributed by atoms with Crippen molar-refractivity contribution < 1.29 is 4.74 Å². The minimum Gasteiger partial charge on any atom is -0.494 e. The smallest absolute Gasteiger partial charge is 0.119 e. The maximum absolute atomic E-state index is 9.60. The first kappa shape index (κ1) is 14.9. The van der Waals surface area contributed by atoms with Crippen LogP contribution >= 0.6 is 0 Å². The van der Waals surface area contributed by atoms with Gasteiger partial charge in [0.1, 0.15) is 5.75 Å². The molecule has 3 rings (SSSR count). The Morgan fingerprint density at radius 1 is 1.00 bits per heavy atom. The summed E-state index contributed by atoms with van der Waals surface area (Å²) < 4.78 is 5.45. The van der Waals surface area contributed by atoms with Crippen LogP contribution in [0.25, 0.3) is 22.4 Å². The summed E-state index contributed by atoms with van der Waals surface area (Å²) in [6.45, 7) is 2.61. The van der Waals surface area contributed by atoms with Crippen molar-refractivity contribution in [1.29, 1.82) is 5.26 Å². The van der Waals surface area contributed by atoms with E-state index in [9.17, 15) is 5.26 Å². The van der Waals surface area contributed by atoms with E-state index in [-0.39, 0.29) is 0 Å². The second-order valence-corrected chi connectivity index (χ2v) is 5.20. The fourth-order valence-corrected chi connectivity index (χ4v) is 2.62. The molecule has 0 aliphatic carbocycles. The normalized spacial score (nSPS) is 11.2. The summed E-state index contributed by atoms with van der Waals surface area (Å²) in [7, 11) is 0. The molecule has 0 radical (unpaired) electrons. The van der Waals surface area contributed by atoms with Crippen LogP contribution in [0.1, 0.15) is 18.1 Å². The van der Waals surface area contributed by atoms with Crippen molar-refractivity contribution >= 4 is 22.4 Å². The van der Waals surface area contributed by atoms with Crippen molar-refractivity contribution in [3.8, 4) is 11.8 Å². The first-order valence-corrected chi connectivity index (χ1v) is 7.64. The van der Waals surface area contributed by atoms with Crippen molar-refractivity contribution in [3.05, 3.63) is 77.9 Å².